The van der Waals surface area contributed by atoms with Crippen molar-refractivity contribution in [3.05, 3.63) is 83.3 Å². The Morgan fingerprint density at radius 1 is 1.00 bits per heavy atom. The molecular weight excluding hydrogens is 569 g/mol. The van der Waals surface area contributed by atoms with E-state index in [1.165, 1.54) is 18.3 Å². The van der Waals surface area contributed by atoms with E-state index in [-0.39, 0.29) is 53.2 Å². The fraction of sp³-hybridized carbons (Fsp3) is 0.324. The number of aromatic carboxylic acids is 1. The summed E-state index contributed by atoms with van der Waals surface area (Å²) in [6.45, 7) is 3.36. The van der Waals surface area contributed by atoms with Crippen molar-refractivity contribution in [2.75, 3.05) is 19.7 Å². The van der Waals surface area contributed by atoms with Gasteiger partial charge in [0.05, 0.1) is 35.9 Å². The van der Waals surface area contributed by atoms with Gasteiger partial charge in [0, 0.05) is 71.7 Å². The maximum absolute atomic E-state index is 13.8. The molecule has 218 valence electrons. The minimum absolute atomic E-state index is 0. The third-order valence-electron chi connectivity index (χ3n) is 8.73. The summed E-state index contributed by atoms with van der Waals surface area (Å²) in [5.74, 6) is 0.216. The van der Waals surface area contributed by atoms with Gasteiger partial charge in [-0.2, -0.15) is 0 Å². The first-order valence-electron chi connectivity index (χ1n) is 14.7. The summed E-state index contributed by atoms with van der Waals surface area (Å²) in [6, 6.07) is 13.7. The number of piperidine rings is 1. The number of aromatic nitrogens is 2. The summed E-state index contributed by atoms with van der Waals surface area (Å²) in [6.07, 6.45) is 6.71. The smallest absolute Gasteiger partial charge is 0.545 e. The molecule has 0 atom stereocenters. The van der Waals surface area contributed by atoms with E-state index in [0.29, 0.717) is 72.3 Å². The van der Waals surface area contributed by atoms with Gasteiger partial charge >= 0.3 is 29.6 Å². The van der Waals surface area contributed by atoms with Crippen LogP contribution in [0.15, 0.2) is 60.9 Å². The van der Waals surface area contributed by atoms with Gasteiger partial charge in [0.2, 0.25) is 0 Å². The molecule has 1 saturated heterocycles. The fourth-order valence-corrected chi connectivity index (χ4v) is 6.30. The third-order valence-corrected chi connectivity index (χ3v) is 8.73. The number of ether oxygens (including phenoxy) is 2. The van der Waals surface area contributed by atoms with Gasteiger partial charge < -0.3 is 24.3 Å². The molecule has 4 aromatic rings. The number of carboxylic acids is 1. The minimum Gasteiger partial charge on any atom is -0.545 e. The molecule has 4 heterocycles. The van der Waals surface area contributed by atoms with Gasteiger partial charge in [-0.15, -0.1) is 0 Å². The van der Waals surface area contributed by atoms with Crippen LogP contribution in [0.2, 0.25) is 0 Å². The van der Waals surface area contributed by atoms with E-state index in [2.05, 4.69) is 9.97 Å². The molecule has 0 radical (unpaired) electrons. The molecule has 0 bridgehead atoms. The molecule has 9 nitrogen and oxygen atoms in total. The Hall–Kier alpha value is -3.79. The molecule has 0 N–H and O–H groups in total. The molecular formula is C34H30N3NaO6. The number of amides is 1. The molecule has 1 saturated carbocycles. The van der Waals surface area contributed by atoms with Crippen molar-refractivity contribution in [3.8, 4) is 22.8 Å². The summed E-state index contributed by atoms with van der Waals surface area (Å²) in [4.78, 5) is 49.1. The zero-order valence-electron chi connectivity index (χ0n) is 24.8. The number of benzene rings is 2. The first-order chi connectivity index (χ1) is 20.8. The van der Waals surface area contributed by atoms with Gasteiger partial charge in [0.1, 0.15) is 17.1 Å². The normalized spacial score (nSPS) is 17.0. The summed E-state index contributed by atoms with van der Waals surface area (Å²) in [7, 11) is 0. The van der Waals surface area contributed by atoms with Crippen LogP contribution in [0, 0.1) is 0 Å². The molecule has 7 rings (SSSR count). The summed E-state index contributed by atoms with van der Waals surface area (Å²) < 4.78 is 12.4. The Balaban J connectivity index is 0.00000343. The number of carbonyl (C=O) groups is 3. The number of likely N-dealkylation sites (tertiary alicyclic amines) is 1. The van der Waals surface area contributed by atoms with Crippen LogP contribution in [0.5, 0.6) is 11.5 Å². The zero-order chi connectivity index (χ0) is 29.7. The average molecular weight is 600 g/mol. The number of carboxylic acid groups (broad SMARTS) is 1. The first-order valence-corrected chi connectivity index (χ1v) is 14.7. The maximum Gasteiger partial charge on any atom is 1.00 e. The number of hydrogen-bond acceptors (Lipinski definition) is 8. The monoisotopic (exact) mass is 599 g/mol. The summed E-state index contributed by atoms with van der Waals surface area (Å²) in [5.41, 5.74) is 2.45. The minimum atomic E-state index is -1.29. The zero-order valence-corrected chi connectivity index (χ0v) is 26.8. The molecule has 1 amide bonds. The molecule has 1 aliphatic carbocycles. The van der Waals surface area contributed by atoms with Crippen molar-refractivity contribution < 1.29 is 58.5 Å². The van der Waals surface area contributed by atoms with E-state index < -0.39 is 11.6 Å². The van der Waals surface area contributed by atoms with Crippen LogP contribution in [0.25, 0.3) is 22.0 Å². The Bertz CT molecular complexity index is 1800. The van der Waals surface area contributed by atoms with Crippen LogP contribution in [0.3, 0.4) is 0 Å². The van der Waals surface area contributed by atoms with Gasteiger partial charge in [0.25, 0.3) is 5.91 Å². The van der Waals surface area contributed by atoms with Crippen molar-refractivity contribution in [2.45, 2.75) is 50.5 Å². The van der Waals surface area contributed by atoms with E-state index in [9.17, 15) is 19.5 Å². The Morgan fingerprint density at radius 3 is 2.50 bits per heavy atom. The SMILES string of the molecule is CCOc1cc(C(=O)N2CCC3(CC2)CC(=O)c2cc(-c4cc(C(=O)[O-])ccn4)ccc2O3)cc2c(C3CC3)nccc12.[Na+]. The quantitative estimate of drug-likeness (QED) is 0.307. The number of pyridine rings is 2. The predicted molar refractivity (Wildman–Crippen MR) is 156 cm³/mol. The molecule has 2 aromatic heterocycles. The van der Waals surface area contributed by atoms with Gasteiger partial charge in [-0.3, -0.25) is 19.6 Å². The maximum atomic E-state index is 13.8. The van der Waals surface area contributed by atoms with Crippen LogP contribution < -0.4 is 44.1 Å². The van der Waals surface area contributed by atoms with Gasteiger partial charge in [-0.1, -0.05) is 0 Å². The van der Waals surface area contributed by atoms with Crippen molar-refractivity contribution in [3.63, 3.8) is 0 Å². The third kappa shape index (κ3) is 5.60. The summed E-state index contributed by atoms with van der Waals surface area (Å²) in [5, 5.41) is 13.2. The number of ketones is 1. The molecule has 1 spiro atoms. The van der Waals surface area contributed by atoms with Crippen molar-refractivity contribution in [1.29, 1.82) is 0 Å². The number of Topliss-reactive ketones (excluding diaryl/α,β-unsaturated/α-hetero) is 1. The Labute approximate surface area is 276 Å². The van der Waals surface area contributed by atoms with Crippen molar-refractivity contribution in [1.82, 2.24) is 14.9 Å². The van der Waals surface area contributed by atoms with Crippen LogP contribution in [0.4, 0.5) is 0 Å². The number of nitrogens with zero attached hydrogens (tertiary/aromatic N) is 3. The van der Waals surface area contributed by atoms with Crippen LogP contribution in [-0.2, 0) is 0 Å². The van der Waals surface area contributed by atoms with E-state index in [4.69, 9.17) is 9.47 Å². The standard InChI is InChI=1S/C34H31N3O6.Na/c1-2-42-30-18-23(16-25-24(30)8-12-36-31(25)20-3-4-20)32(39)37-13-9-34(10-14-37)19-28(38)26-15-21(5-6-29(26)43-34)27-17-22(33(40)41)7-11-35-27;/h5-8,11-12,15-18,20H,2-4,9-10,13-14,19H2,1H3,(H,40,41);/q;+1/p-1. The van der Waals surface area contributed by atoms with Gasteiger partial charge in [-0.25, -0.2) is 0 Å². The van der Waals surface area contributed by atoms with Gasteiger partial charge in [-0.05, 0) is 68.3 Å². The Morgan fingerprint density at radius 2 is 1.77 bits per heavy atom. The fourth-order valence-electron chi connectivity index (χ4n) is 6.30. The van der Waals surface area contributed by atoms with Crippen LogP contribution in [-0.4, -0.2) is 57.8 Å². The van der Waals surface area contributed by atoms with E-state index in [1.54, 1.807) is 18.2 Å². The second-order valence-corrected chi connectivity index (χ2v) is 11.6. The van der Waals surface area contributed by atoms with Crippen molar-refractivity contribution in [2.24, 2.45) is 0 Å². The average Bonchev–Trinajstić information content (AvgIpc) is 3.86. The molecule has 3 aliphatic rings. The van der Waals surface area contributed by atoms with E-state index >= 15 is 0 Å². The predicted octanol–water partition coefficient (Wildman–Crippen LogP) is 1.58. The molecule has 2 aliphatic heterocycles. The van der Waals surface area contributed by atoms with E-state index in [0.717, 1.165) is 29.3 Å². The Kier molecular flexibility index (Phi) is 8.22. The number of carbonyl (C=O) groups excluding carboxylic acids is 3. The second-order valence-electron chi connectivity index (χ2n) is 11.6. The number of rotatable bonds is 6. The largest absolute Gasteiger partial charge is 1.00 e. The van der Waals surface area contributed by atoms with Gasteiger partial charge in [0.15, 0.2) is 5.78 Å². The van der Waals surface area contributed by atoms with E-state index in [1.807, 2.05) is 36.2 Å². The number of fused-ring (bicyclic) bond motifs is 2. The van der Waals surface area contributed by atoms with Crippen LogP contribution in [0.1, 0.15) is 81.7 Å². The topological polar surface area (TPSA) is 122 Å². The first kappa shape index (κ1) is 30.2. The molecule has 2 fully saturated rings. The summed E-state index contributed by atoms with van der Waals surface area (Å²) >= 11 is 0. The molecule has 44 heavy (non-hydrogen) atoms. The molecule has 10 heteroatoms. The second kappa shape index (κ2) is 12.0. The molecule has 2 aromatic carbocycles. The number of hydrogen-bond donors (Lipinski definition) is 0. The molecule has 0 unspecified atom stereocenters. The van der Waals surface area contributed by atoms with Crippen molar-refractivity contribution >= 4 is 28.4 Å². The van der Waals surface area contributed by atoms with Crippen LogP contribution >= 0.6 is 0 Å².